The predicted molar refractivity (Wildman–Crippen MR) is 62.6 cm³/mol. The molecule has 1 rings (SSSR count). The van der Waals surface area contributed by atoms with Crippen LogP contribution in [0.1, 0.15) is 11.7 Å². The van der Waals surface area contributed by atoms with E-state index in [0.717, 1.165) is 12.3 Å². The first-order valence-electron chi connectivity index (χ1n) is 4.87. The number of aliphatic hydroxyl groups excluding tert-OH is 1. The van der Waals surface area contributed by atoms with Crippen LogP contribution in [0.15, 0.2) is 24.3 Å². The van der Waals surface area contributed by atoms with Crippen LogP contribution in [-0.4, -0.2) is 30.2 Å². The van der Waals surface area contributed by atoms with E-state index in [2.05, 4.69) is 5.32 Å². The molecule has 0 amide bonds. The van der Waals surface area contributed by atoms with Crippen LogP contribution in [0.2, 0.25) is 0 Å². The zero-order chi connectivity index (χ0) is 11.1. The van der Waals surface area contributed by atoms with Crippen LogP contribution in [0.4, 0.5) is 4.39 Å². The van der Waals surface area contributed by atoms with E-state index < -0.39 is 6.10 Å². The maximum Gasteiger partial charge on any atom is 0.123 e. The Hall–Kier alpha value is -0.580. The minimum absolute atomic E-state index is 0.310. The lowest BCUT2D eigenvalue weighted by atomic mass is 10.1. The summed E-state index contributed by atoms with van der Waals surface area (Å²) < 4.78 is 12.8. The standard InChI is InChI=1S/C11H16FNOS/c1-15-6-5-13-8-11(14)9-3-2-4-10(12)7-9/h2-4,7,11,13-14H,5-6,8H2,1H3. The van der Waals surface area contributed by atoms with Gasteiger partial charge in [0.1, 0.15) is 5.82 Å². The van der Waals surface area contributed by atoms with Crippen molar-refractivity contribution in [2.75, 3.05) is 25.1 Å². The normalized spacial score (nSPS) is 12.7. The molecule has 2 N–H and O–H groups in total. The Labute approximate surface area is 93.9 Å². The lowest BCUT2D eigenvalue weighted by molar-refractivity contribution is 0.175. The zero-order valence-electron chi connectivity index (χ0n) is 8.74. The Morgan fingerprint density at radius 2 is 2.33 bits per heavy atom. The topological polar surface area (TPSA) is 32.3 Å². The van der Waals surface area contributed by atoms with E-state index in [4.69, 9.17) is 0 Å². The summed E-state index contributed by atoms with van der Waals surface area (Å²) in [5, 5.41) is 12.8. The second-order valence-corrected chi connectivity index (χ2v) is 4.25. The van der Waals surface area contributed by atoms with Gasteiger partial charge in [0.25, 0.3) is 0 Å². The van der Waals surface area contributed by atoms with Crippen molar-refractivity contribution in [2.24, 2.45) is 0 Å². The molecule has 0 saturated carbocycles. The molecule has 4 heteroatoms. The van der Waals surface area contributed by atoms with Crippen LogP contribution in [0, 0.1) is 5.82 Å². The van der Waals surface area contributed by atoms with Gasteiger partial charge in [-0.1, -0.05) is 12.1 Å². The van der Waals surface area contributed by atoms with E-state index in [9.17, 15) is 9.50 Å². The Bertz CT molecular complexity index is 296. The van der Waals surface area contributed by atoms with Gasteiger partial charge in [0.05, 0.1) is 6.10 Å². The van der Waals surface area contributed by atoms with Gasteiger partial charge < -0.3 is 10.4 Å². The van der Waals surface area contributed by atoms with Crippen LogP contribution < -0.4 is 5.32 Å². The molecular weight excluding hydrogens is 213 g/mol. The summed E-state index contributed by atoms with van der Waals surface area (Å²) in [7, 11) is 0. The first-order chi connectivity index (χ1) is 7.24. The number of benzene rings is 1. The van der Waals surface area contributed by atoms with Gasteiger partial charge in [-0.15, -0.1) is 0 Å². The summed E-state index contributed by atoms with van der Waals surface area (Å²) in [6.45, 7) is 1.32. The van der Waals surface area contributed by atoms with Crippen molar-refractivity contribution in [3.63, 3.8) is 0 Å². The van der Waals surface area contributed by atoms with Crippen LogP contribution in [0.3, 0.4) is 0 Å². The first kappa shape index (κ1) is 12.5. The Morgan fingerprint density at radius 1 is 1.53 bits per heavy atom. The summed E-state index contributed by atoms with van der Waals surface area (Å²) in [6, 6.07) is 6.07. The van der Waals surface area contributed by atoms with E-state index in [1.807, 2.05) is 6.26 Å². The fourth-order valence-electron chi connectivity index (χ4n) is 1.24. The highest BCUT2D eigenvalue weighted by Gasteiger charge is 2.06. The molecule has 1 aromatic rings. The Kier molecular flexibility index (Phi) is 5.68. The Morgan fingerprint density at radius 3 is 3.00 bits per heavy atom. The highest BCUT2D eigenvalue weighted by Crippen LogP contribution is 2.12. The van der Waals surface area contributed by atoms with Gasteiger partial charge >= 0.3 is 0 Å². The molecule has 0 radical (unpaired) electrons. The molecule has 0 saturated heterocycles. The van der Waals surface area contributed by atoms with Crippen LogP contribution in [-0.2, 0) is 0 Å². The maximum atomic E-state index is 12.8. The molecule has 0 bridgehead atoms. The minimum Gasteiger partial charge on any atom is -0.387 e. The van der Waals surface area contributed by atoms with Crippen LogP contribution >= 0.6 is 11.8 Å². The molecule has 0 heterocycles. The average Bonchev–Trinajstić information content (AvgIpc) is 2.24. The van der Waals surface area contributed by atoms with E-state index in [1.165, 1.54) is 12.1 Å². The lowest BCUT2D eigenvalue weighted by Crippen LogP contribution is -2.23. The minimum atomic E-state index is -0.637. The molecule has 84 valence electrons. The maximum absolute atomic E-state index is 12.8. The van der Waals surface area contributed by atoms with Crippen LogP contribution in [0.5, 0.6) is 0 Å². The zero-order valence-corrected chi connectivity index (χ0v) is 9.56. The van der Waals surface area contributed by atoms with Crippen molar-refractivity contribution in [1.82, 2.24) is 5.32 Å². The van der Waals surface area contributed by atoms with Gasteiger partial charge in [0.2, 0.25) is 0 Å². The van der Waals surface area contributed by atoms with Crippen molar-refractivity contribution in [3.05, 3.63) is 35.6 Å². The third-order valence-corrected chi connectivity index (χ3v) is 2.67. The second kappa shape index (κ2) is 6.82. The van der Waals surface area contributed by atoms with E-state index in [1.54, 1.807) is 23.9 Å². The Balaban J connectivity index is 2.36. The molecular formula is C11H16FNOS. The molecule has 0 spiro atoms. The first-order valence-corrected chi connectivity index (χ1v) is 6.26. The smallest absolute Gasteiger partial charge is 0.123 e. The highest BCUT2D eigenvalue weighted by atomic mass is 32.2. The molecule has 2 nitrogen and oxygen atoms in total. The molecule has 0 aliphatic rings. The van der Waals surface area contributed by atoms with Crippen molar-refractivity contribution >= 4 is 11.8 Å². The van der Waals surface area contributed by atoms with E-state index >= 15 is 0 Å². The predicted octanol–water partition coefficient (Wildman–Crippen LogP) is 1.81. The van der Waals surface area contributed by atoms with Crippen molar-refractivity contribution < 1.29 is 9.50 Å². The monoisotopic (exact) mass is 229 g/mol. The molecule has 0 fully saturated rings. The molecule has 1 unspecified atom stereocenters. The number of rotatable bonds is 6. The quantitative estimate of drug-likeness (QED) is 0.730. The number of thioether (sulfide) groups is 1. The van der Waals surface area contributed by atoms with Crippen molar-refractivity contribution in [1.29, 1.82) is 0 Å². The van der Waals surface area contributed by atoms with Gasteiger partial charge in [-0.3, -0.25) is 0 Å². The van der Waals surface area contributed by atoms with Gasteiger partial charge in [0.15, 0.2) is 0 Å². The fourth-order valence-corrected chi connectivity index (χ4v) is 1.59. The van der Waals surface area contributed by atoms with Gasteiger partial charge in [-0.2, -0.15) is 11.8 Å². The third kappa shape index (κ3) is 4.64. The molecule has 1 aromatic carbocycles. The lowest BCUT2D eigenvalue weighted by Gasteiger charge is -2.11. The fraction of sp³-hybridized carbons (Fsp3) is 0.455. The summed E-state index contributed by atoms with van der Waals surface area (Å²) in [5.41, 5.74) is 0.617. The van der Waals surface area contributed by atoms with E-state index in [-0.39, 0.29) is 5.82 Å². The van der Waals surface area contributed by atoms with Crippen molar-refractivity contribution in [3.8, 4) is 0 Å². The summed E-state index contributed by atoms with van der Waals surface area (Å²) in [5.74, 6) is 0.700. The number of hydrogen-bond donors (Lipinski definition) is 2. The van der Waals surface area contributed by atoms with Gasteiger partial charge in [0, 0.05) is 18.8 Å². The number of hydrogen-bond acceptors (Lipinski definition) is 3. The number of nitrogens with one attached hydrogen (secondary N) is 1. The second-order valence-electron chi connectivity index (χ2n) is 3.27. The summed E-state index contributed by atoms with van der Waals surface area (Å²) in [4.78, 5) is 0. The molecule has 1 atom stereocenters. The largest absolute Gasteiger partial charge is 0.387 e. The SMILES string of the molecule is CSCCNCC(O)c1cccc(F)c1. The van der Waals surface area contributed by atoms with Gasteiger partial charge in [-0.05, 0) is 24.0 Å². The van der Waals surface area contributed by atoms with E-state index in [0.29, 0.717) is 12.1 Å². The molecule has 0 aliphatic carbocycles. The summed E-state index contributed by atoms with van der Waals surface area (Å²) >= 11 is 1.75. The molecule has 0 aromatic heterocycles. The number of aliphatic hydroxyl groups is 1. The number of halogens is 1. The van der Waals surface area contributed by atoms with Crippen LogP contribution in [0.25, 0.3) is 0 Å². The molecule has 0 aliphatic heterocycles. The molecule has 15 heavy (non-hydrogen) atoms. The third-order valence-electron chi connectivity index (χ3n) is 2.05. The summed E-state index contributed by atoms with van der Waals surface area (Å²) in [6.07, 6.45) is 1.40. The highest BCUT2D eigenvalue weighted by molar-refractivity contribution is 7.98. The van der Waals surface area contributed by atoms with Crippen molar-refractivity contribution in [2.45, 2.75) is 6.10 Å². The average molecular weight is 229 g/mol. The van der Waals surface area contributed by atoms with Gasteiger partial charge in [-0.25, -0.2) is 4.39 Å².